The first-order valence-corrected chi connectivity index (χ1v) is 12.6. The Morgan fingerprint density at radius 1 is 0.938 bits per heavy atom. The van der Waals surface area contributed by atoms with E-state index in [9.17, 15) is 13.2 Å². The number of sulfonamides is 1. The largest absolute Gasteiger partial charge is 0.350 e. The van der Waals surface area contributed by atoms with Crippen molar-refractivity contribution in [2.24, 2.45) is 0 Å². The Kier molecular flexibility index (Phi) is 7.70. The van der Waals surface area contributed by atoms with Crippen LogP contribution in [0.25, 0.3) is 0 Å². The number of carbonyl (C=O) groups excluding carboxylic acids is 1. The Morgan fingerprint density at radius 3 is 2.19 bits per heavy atom. The molecule has 0 aliphatic rings. The highest BCUT2D eigenvalue weighted by atomic mass is 32.2. The first kappa shape index (κ1) is 23.5. The first-order valence-electron chi connectivity index (χ1n) is 10.7. The fraction of sp³-hybridized carbons (Fsp3) is 0.269. The summed E-state index contributed by atoms with van der Waals surface area (Å²) >= 11 is 0. The van der Waals surface area contributed by atoms with E-state index in [0.717, 1.165) is 24.0 Å². The molecule has 3 aromatic carbocycles. The SMILES string of the molecule is Cc1ccccc1CN(c1ccc(C(=O)N[C@@H](C)CCc2ccccc2)cc1)S(C)(=O)=O. The van der Waals surface area contributed by atoms with Gasteiger partial charge in [0.15, 0.2) is 0 Å². The van der Waals surface area contributed by atoms with E-state index in [2.05, 4.69) is 17.4 Å². The summed E-state index contributed by atoms with van der Waals surface area (Å²) in [6, 6.07) is 24.6. The van der Waals surface area contributed by atoms with Gasteiger partial charge in [0.1, 0.15) is 0 Å². The van der Waals surface area contributed by atoms with Crippen LogP contribution in [0.15, 0.2) is 78.9 Å². The molecule has 6 heteroatoms. The van der Waals surface area contributed by atoms with Gasteiger partial charge in [0.2, 0.25) is 10.0 Å². The van der Waals surface area contributed by atoms with Crippen LogP contribution in [0.3, 0.4) is 0 Å². The summed E-state index contributed by atoms with van der Waals surface area (Å²) in [6.45, 7) is 4.19. The summed E-state index contributed by atoms with van der Waals surface area (Å²) in [6.07, 6.45) is 2.93. The molecule has 0 fully saturated rings. The summed E-state index contributed by atoms with van der Waals surface area (Å²) in [5.74, 6) is -0.165. The number of hydrogen-bond acceptors (Lipinski definition) is 3. The van der Waals surface area contributed by atoms with Crippen LogP contribution in [0.1, 0.15) is 40.4 Å². The van der Waals surface area contributed by atoms with Gasteiger partial charge in [-0.2, -0.15) is 0 Å². The predicted octanol–water partition coefficient (Wildman–Crippen LogP) is 4.71. The molecule has 0 saturated heterocycles. The molecular formula is C26H30N2O3S. The Hall–Kier alpha value is -3.12. The fourth-order valence-electron chi connectivity index (χ4n) is 3.53. The molecule has 3 rings (SSSR count). The molecule has 5 nitrogen and oxygen atoms in total. The van der Waals surface area contributed by atoms with Crippen molar-refractivity contribution in [2.45, 2.75) is 39.3 Å². The lowest BCUT2D eigenvalue weighted by Crippen LogP contribution is -2.33. The quantitative estimate of drug-likeness (QED) is 0.513. The topological polar surface area (TPSA) is 66.5 Å². The van der Waals surface area contributed by atoms with Crippen LogP contribution in [0.5, 0.6) is 0 Å². The highest BCUT2D eigenvalue weighted by molar-refractivity contribution is 7.92. The molecule has 0 unspecified atom stereocenters. The van der Waals surface area contributed by atoms with Crippen LogP contribution in [0, 0.1) is 6.92 Å². The minimum Gasteiger partial charge on any atom is -0.350 e. The lowest BCUT2D eigenvalue weighted by atomic mass is 10.1. The molecule has 0 heterocycles. The number of nitrogens with zero attached hydrogens (tertiary/aromatic N) is 1. The third kappa shape index (κ3) is 6.44. The van der Waals surface area contributed by atoms with Crippen molar-refractivity contribution in [1.82, 2.24) is 5.32 Å². The molecule has 1 amide bonds. The van der Waals surface area contributed by atoms with Gasteiger partial charge in [0.25, 0.3) is 5.91 Å². The Balaban J connectivity index is 1.66. The zero-order valence-corrected chi connectivity index (χ0v) is 19.6. The van der Waals surface area contributed by atoms with Gasteiger partial charge < -0.3 is 5.32 Å². The van der Waals surface area contributed by atoms with Crippen LogP contribution < -0.4 is 9.62 Å². The summed E-state index contributed by atoms with van der Waals surface area (Å²) in [7, 11) is -3.49. The average Bonchev–Trinajstić information content (AvgIpc) is 2.77. The van der Waals surface area contributed by atoms with E-state index in [1.54, 1.807) is 24.3 Å². The molecule has 0 aliphatic heterocycles. The lowest BCUT2D eigenvalue weighted by molar-refractivity contribution is 0.0938. The van der Waals surface area contributed by atoms with Gasteiger partial charge in [0, 0.05) is 11.6 Å². The molecule has 0 saturated carbocycles. The van der Waals surface area contributed by atoms with Gasteiger partial charge in [-0.15, -0.1) is 0 Å². The van der Waals surface area contributed by atoms with Crippen molar-refractivity contribution in [3.8, 4) is 0 Å². The lowest BCUT2D eigenvalue weighted by Gasteiger charge is -2.23. The molecule has 1 atom stereocenters. The van der Waals surface area contributed by atoms with Crippen LogP contribution in [0.2, 0.25) is 0 Å². The Bertz CT molecular complexity index is 1140. The van der Waals surface area contributed by atoms with E-state index in [1.807, 2.05) is 56.3 Å². The molecular weight excluding hydrogens is 420 g/mol. The minimum absolute atomic E-state index is 0.0240. The third-order valence-electron chi connectivity index (χ3n) is 5.48. The number of aryl methyl sites for hydroxylation is 2. The van der Waals surface area contributed by atoms with Gasteiger partial charge in [-0.3, -0.25) is 9.10 Å². The number of rotatable bonds is 9. The van der Waals surface area contributed by atoms with Crippen molar-refractivity contribution >= 4 is 21.6 Å². The molecule has 32 heavy (non-hydrogen) atoms. The van der Waals surface area contributed by atoms with E-state index in [-0.39, 0.29) is 18.5 Å². The van der Waals surface area contributed by atoms with E-state index < -0.39 is 10.0 Å². The molecule has 3 aromatic rings. The van der Waals surface area contributed by atoms with Crippen molar-refractivity contribution in [1.29, 1.82) is 0 Å². The normalized spacial score (nSPS) is 12.2. The highest BCUT2D eigenvalue weighted by Crippen LogP contribution is 2.22. The highest BCUT2D eigenvalue weighted by Gasteiger charge is 2.19. The maximum absolute atomic E-state index is 12.6. The van der Waals surface area contributed by atoms with Crippen LogP contribution >= 0.6 is 0 Å². The fourth-order valence-corrected chi connectivity index (χ4v) is 4.41. The van der Waals surface area contributed by atoms with E-state index in [4.69, 9.17) is 0 Å². The number of nitrogens with one attached hydrogen (secondary N) is 1. The summed E-state index contributed by atoms with van der Waals surface area (Å²) in [4.78, 5) is 12.6. The minimum atomic E-state index is -3.49. The molecule has 0 aliphatic carbocycles. The second-order valence-corrected chi connectivity index (χ2v) is 10.0. The third-order valence-corrected chi connectivity index (χ3v) is 6.62. The zero-order chi connectivity index (χ0) is 23.1. The van der Waals surface area contributed by atoms with Gasteiger partial charge in [0.05, 0.1) is 18.5 Å². The van der Waals surface area contributed by atoms with Crippen molar-refractivity contribution in [3.63, 3.8) is 0 Å². The van der Waals surface area contributed by atoms with Crippen molar-refractivity contribution in [2.75, 3.05) is 10.6 Å². The second-order valence-electron chi connectivity index (χ2n) is 8.14. The maximum atomic E-state index is 12.6. The first-order chi connectivity index (χ1) is 15.2. The maximum Gasteiger partial charge on any atom is 0.251 e. The summed E-state index contributed by atoms with van der Waals surface area (Å²) in [5, 5.41) is 3.02. The molecule has 0 bridgehead atoms. The standard InChI is InChI=1S/C26H30N2O3S/c1-20-9-7-8-12-24(20)19-28(32(3,30)31)25-17-15-23(16-18-25)26(29)27-21(2)13-14-22-10-5-4-6-11-22/h4-12,15-18,21H,13-14,19H2,1-3H3,(H,27,29)/t21-/m0/s1. The average molecular weight is 451 g/mol. The zero-order valence-electron chi connectivity index (χ0n) is 18.8. The van der Waals surface area contributed by atoms with Gasteiger partial charge in [-0.05, 0) is 67.6 Å². The molecule has 0 radical (unpaired) electrons. The van der Waals surface area contributed by atoms with Gasteiger partial charge in [-0.1, -0.05) is 54.6 Å². The Labute approximate surface area is 191 Å². The molecule has 1 N–H and O–H groups in total. The number of carbonyl (C=O) groups is 1. The van der Waals surface area contributed by atoms with Crippen molar-refractivity contribution < 1.29 is 13.2 Å². The number of anilines is 1. The van der Waals surface area contributed by atoms with Gasteiger partial charge >= 0.3 is 0 Å². The van der Waals surface area contributed by atoms with Crippen molar-refractivity contribution in [3.05, 3.63) is 101 Å². The Morgan fingerprint density at radius 2 is 1.56 bits per heavy atom. The summed E-state index contributed by atoms with van der Waals surface area (Å²) < 4.78 is 26.3. The monoisotopic (exact) mass is 450 g/mol. The van der Waals surface area contributed by atoms with E-state index in [0.29, 0.717) is 11.3 Å². The number of hydrogen-bond donors (Lipinski definition) is 1. The molecule has 168 valence electrons. The predicted molar refractivity (Wildman–Crippen MR) is 130 cm³/mol. The second kappa shape index (κ2) is 10.5. The summed E-state index contributed by atoms with van der Waals surface area (Å²) in [5.41, 5.74) is 4.25. The van der Waals surface area contributed by atoms with Crippen LogP contribution in [0.4, 0.5) is 5.69 Å². The molecule has 0 aromatic heterocycles. The van der Waals surface area contributed by atoms with Crippen LogP contribution in [-0.4, -0.2) is 26.6 Å². The number of amides is 1. The van der Waals surface area contributed by atoms with E-state index >= 15 is 0 Å². The van der Waals surface area contributed by atoms with Gasteiger partial charge in [-0.25, -0.2) is 8.42 Å². The van der Waals surface area contributed by atoms with Crippen LogP contribution in [-0.2, 0) is 23.0 Å². The number of benzene rings is 3. The molecule has 0 spiro atoms. The van der Waals surface area contributed by atoms with E-state index in [1.165, 1.54) is 16.1 Å². The smallest absolute Gasteiger partial charge is 0.251 e.